The van der Waals surface area contributed by atoms with E-state index in [-0.39, 0.29) is 34.7 Å². The van der Waals surface area contributed by atoms with Gasteiger partial charge < -0.3 is 44.3 Å². The number of aromatic amines is 1. The van der Waals surface area contributed by atoms with Crippen molar-refractivity contribution in [2.45, 2.75) is 57.3 Å². The second-order valence-electron chi connectivity index (χ2n) is 9.69. The summed E-state index contributed by atoms with van der Waals surface area (Å²) < 4.78 is 60.8. The van der Waals surface area contributed by atoms with E-state index in [0.717, 1.165) is 0 Å². The number of hydrogen-bond acceptors (Lipinski definition) is 13. The molecule has 0 aliphatic carbocycles. The Kier molecular flexibility index (Phi) is 11.8. The van der Waals surface area contributed by atoms with Crippen LogP contribution in [0.4, 0.5) is 0 Å². The summed E-state index contributed by atoms with van der Waals surface area (Å²) in [6.45, 7) is 6.98. The Labute approximate surface area is 248 Å². The quantitative estimate of drug-likeness (QED) is 0.0614. The van der Waals surface area contributed by atoms with Crippen LogP contribution in [-0.2, 0) is 36.3 Å². The average molecular weight is 693 g/mol. The van der Waals surface area contributed by atoms with Crippen LogP contribution in [0.2, 0.25) is 0 Å². The van der Waals surface area contributed by atoms with Crippen LogP contribution >= 0.6 is 45.1 Å². The predicted molar refractivity (Wildman–Crippen MR) is 154 cm³/mol. The first-order valence-electron chi connectivity index (χ1n) is 12.0. The number of aryl methyl sites for hydroxylation is 1. The van der Waals surface area contributed by atoms with Gasteiger partial charge in [-0.25, -0.2) is 18.7 Å². The van der Waals surface area contributed by atoms with Gasteiger partial charge in [0.05, 0.1) is 30.2 Å². The molecule has 42 heavy (non-hydrogen) atoms. The SMILES string of the molecule is Cc1nc2c(c(C#CCN)cn2[C@H]2C[C@@H](OCSSC(C)(C)C)[C@@H](COP(=O)(O)OP(=O)(O)OP(=O)(O)O)O2)c(=O)[nH]1. The zero-order valence-electron chi connectivity index (χ0n) is 22.7. The molecule has 22 heteroatoms. The van der Waals surface area contributed by atoms with Gasteiger partial charge in [-0.15, -0.1) is 0 Å². The molecule has 2 unspecified atom stereocenters. The van der Waals surface area contributed by atoms with E-state index in [1.54, 1.807) is 28.5 Å². The lowest BCUT2D eigenvalue weighted by atomic mass is 10.2. The standard InChI is InChI=1S/C20H31N4O13P3S2/c1-12-22-18-17(19(25)23-12)13(6-5-7-21)9-24(18)16-8-14(33-11-41-42-20(2,3)4)15(35-16)10-34-39(29,30)37-40(31,32)36-38(26,27)28/h9,14-16H,7-8,10-11,21H2,1-4H3,(H,29,30)(H,31,32)(H,22,23,25)(H2,26,27,28)/t14-,15-,16-/m1/s1. The summed E-state index contributed by atoms with van der Waals surface area (Å²) in [7, 11) is -13.7. The van der Waals surface area contributed by atoms with Gasteiger partial charge in [-0.3, -0.25) is 9.32 Å². The van der Waals surface area contributed by atoms with Crippen LogP contribution in [0.15, 0.2) is 11.0 Å². The van der Waals surface area contributed by atoms with Gasteiger partial charge in [0.1, 0.15) is 24.1 Å². The second-order valence-corrected chi connectivity index (χ2v) is 17.2. The number of nitrogens with one attached hydrogen (secondary N) is 1. The molecule has 0 saturated carbocycles. The van der Waals surface area contributed by atoms with Gasteiger partial charge in [-0.05, 0) is 6.92 Å². The van der Waals surface area contributed by atoms with E-state index in [0.29, 0.717) is 11.4 Å². The fraction of sp³-hybridized carbons (Fsp3) is 0.600. The molecule has 5 atom stereocenters. The number of aromatic nitrogens is 3. The molecule has 0 amide bonds. The molecule has 0 spiro atoms. The lowest BCUT2D eigenvalue weighted by Crippen LogP contribution is -2.29. The second kappa shape index (κ2) is 13.9. The normalized spacial score (nSPS) is 22.5. The molecule has 1 saturated heterocycles. The lowest BCUT2D eigenvalue weighted by molar-refractivity contribution is -0.0520. The summed E-state index contributed by atoms with van der Waals surface area (Å²) in [5.41, 5.74) is 5.67. The first kappa shape index (κ1) is 35.4. The highest BCUT2D eigenvalue weighted by molar-refractivity contribution is 8.77. The van der Waals surface area contributed by atoms with Crippen LogP contribution in [-0.4, -0.2) is 70.2 Å². The summed E-state index contributed by atoms with van der Waals surface area (Å²) in [5, 5.41) is 0.205. The maximum absolute atomic E-state index is 12.7. The largest absolute Gasteiger partial charge is 0.490 e. The number of hydrogen-bond donors (Lipinski definition) is 6. The third-order valence-electron chi connectivity index (χ3n) is 5.07. The first-order valence-corrected chi connectivity index (χ1v) is 18.8. The van der Waals surface area contributed by atoms with Crippen molar-refractivity contribution < 1.29 is 55.9 Å². The minimum Gasteiger partial charge on any atom is -0.364 e. The fourth-order valence-electron chi connectivity index (χ4n) is 3.71. The molecule has 17 nitrogen and oxygen atoms in total. The van der Waals surface area contributed by atoms with E-state index in [2.05, 4.69) is 30.4 Å². The number of fused-ring (bicyclic) bond motifs is 1. The van der Waals surface area contributed by atoms with Crippen molar-refractivity contribution >= 4 is 56.1 Å². The van der Waals surface area contributed by atoms with Crippen molar-refractivity contribution in [3.8, 4) is 11.8 Å². The third-order valence-corrected chi connectivity index (χ3v) is 11.9. The van der Waals surface area contributed by atoms with Gasteiger partial charge in [-0.1, -0.05) is 54.2 Å². The van der Waals surface area contributed by atoms with Crippen LogP contribution in [0.3, 0.4) is 0 Å². The molecular formula is C20H31N4O13P3S2. The van der Waals surface area contributed by atoms with E-state index in [1.165, 1.54) is 10.8 Å². The number of nitrogens with zero attached hydrogens (tertiary/aromatic N) is 2. The Balaban J connectivity index is 1.86. The van der Waals surface area contributed by atoms with Crippen molar-refractivity contribution in [1.29, 1.82) is 0 Å². The number of phosphoric ester groups is 1. The molecule has 3 heterocycles. The van der Waals surface area contributed by atoms with E-state index < -0.39 is 54.1 Å². The zero-order valence-corrected chi connectivity index (χ0v) is 27.0. The highest BCUT2D eigenvalue weighted by atomic mass is 33.1. The van der Waals surface area contributed by atoms with Gasteiger partial charge in [0.2, 0.25) is 0 Å². The van der Waals surface area contributed by atoms with Gasteiger partial charge in [0, 0.05) is 17.4 Å². The maximum Gasteiger partial charge on any atom is 0.490 e. The van der Waals surface area contributed by atoms with E-state index in [4.69, 9.17) is 29.5 Å². The average Bonchev–Trinajstić information content (AvgIpc) is 3.37. The number of nitrogens with two attached hydrogens (primary N) is 1. The molecule has 1 aliphatic rings. The Bertz CT molecular complexity index is 1540. The van der Waals surface area contributed by atoms with Crippen molar-refractivity contribution in [2.24, 2.45) is 5.73 Å². The predicted octanol–water partition coefficient (Wildman–Crippen LogP) is 2.50. The zero-order chi connectivity index (χ0) is 31.5. The summed E-state index contributed by atoms with van der Waals surface area (Å²) in [5.74, 6) is 6.04. The Hall–Kier alpha value is -1.03. The summed E-state index contributed by atoms with van der Waals surface area (Å²) in [6, 6.07) is 0. The van der Waals surface area contributed by atoms with E-state index in [1.807, 2.05) is 20.8 Å². The molecular weight excluding hydrogens is 661 g/mol. The summed E-state index contributed by atoms with van der Waals surface area (Å²) in [4.78, 5) is 56.6. The van der Waals surface area contributed by atoms with Gasteiger partial charge in [-0.2, -0.15) is 8.62 Å². The number of H-pyrrole nitrogens is 1. The van der Waals surface area contributed by atoms with Crippen molar-refractivity contribution in [3.63, 3.8) is 0 Å². The van der Waals surface area contributed by atoms with Crippen molar-refractivity contribution in [1.82, 2.24) is 14.5 Å². The van der Waals surface area contributed by atoms with E-state index in [9.17, 15) is 28.3 Å². The highest BCUT2D eigenvalue weighted by Crippen LogP contribution is 2.66. The van der Waals surface area contributed by atoms with Crippen molar-refractivity contribution in [2.75, 3.05) is 19.1 Å². The maximum atomic E-state index is 12.7. The Morgan fingerprint density at radius 1 is 1.21 bits per heavy atom. The number of phosphoric acid groups is 3. The smallest absolute Gasteiger partial charge is 0.364 e. The molecule has 7 N–H and O–H groups in total. The van der Waals surface area contributed by atoms with E-state index >= 15 is 0 Å². The number of ether oxygens (including phenoxy) is 2. The van der Waals surface area contributed by atoms with Crippen LogP contribution in [0.5, 0.6) is 0 Å². The minimum atomic E-state index is -5.70. The lowest BCUT2D eigenvalue weighted by Gasteiger charge is -2.22. The molecule has 0 radical (unpaired) electrons. The molecule has 2 aromatic rings. The third kappa shape index (κ3) is 10.6. The van der Waals surface area contributed by atoms with Crippen LogP contribution in [0.1, 0.15) is 44.8 Å². The first-order chi connectivity index (χ1) is 19.3. The summed E-state index contributed by atoms with van der Waals surface area (Å²) in [6.07, 6.45) is -0.916. The van der Waals surface area contributed by atoms with Crippen LogP contribution < -0.4 is 11.3 Å². The van der Waals surface area contributed by atoms with Crippen molar-refractivity contribution in [3.05, 3.63) is 27.9 Å². The molecule has 0 bridgehead atoms. The number of rotatable bonds is 12. The molecule has 1 fully saturated rings. The van der Waals surface area contributed by atoms with Crippen LogP contribution in [0, 0.1) is 18.8 Å². The molecule has 1 aliphatic heterocycles. The molecule has 236 valence electrons. The topological polar surface area (TPSA) is 255 Å². The fourth-order valence-corrected chi connectivity index (χ4v) is 8.74. The summed E-state index contributed by atoms with van der Waals surface area (Å²) >= 11 is 0. The van der Waals surface area contributed by atoms with Gasteiger partial charge in [0.25, 0.3) is 5.56 Å². The monoisotopic (exact) mass is 692 g/mol. The minimum absolute atomic E-state index is 0.0482. The Morgan fingerprint density at radius 2 is 1.90 bits per heavy atom. The van der Waals surface area contributed by atoms with Gasteiger partial charge in [0.15, 0.2) is 5.65 Å². The molecule has 2 aromatic heterocycles. The Morgan fingerprint density at radius 3 is 2.52 bits per heavy atom. The molecule has 3 rings (SSSR count). The molecule has 0 aromatic carbocycles. The highest BCUT2D eigenvalue weighted by Gasteiger charge is 2.43. The van der Waals surface area contributed by atoms with Crippen LogP contribution in [0.25, 0.3) is 11.0 Å². The van der Waals surface area contributed by atoms with Gasteiger partial charge >= 0.3 is 23.5 Å².